The van der Waals surface area contributed by atoms with Crippen LogP contribution in [0.1, 0.15) is 27.0 Å². The maximum Gasteiger partial charge on any atom is 0.365 e. The number of aromatic nitrogens is 2. The molecule has 0 aliphatic carbocycles. The molecule has 3 aromatic rings. The summed E-state index contributed by atoms with van der Waals surface area (Å²) in [6.07, 6.45) is 2.51. The molecular formula is C19H18N6O4. The predicted octanol–water partition coefficient (Wildman–Crippen LogP) is 2.21. The maximum absolute atomic E-state index is 12.2. The summed E-state index contributed by atoms with van der Waals surface area (Å²) in [7, 11) is 0. The summed E-state index contributed by atoms with van der Waals surface area (Å²) in [4.78, 5) is 27.3. The van der Waals surface area contributed by atoms with Crippen LogP contribution in [0, 0.1) is 17.0 Å². The SMILES string of the molecule is Cc1c(N)cccc1/C(N)=N/OC(=O)c1ccc(Cn2cc([N+](=O)[O-])cn2)cc1. The number of rotatable bonds is 6. The largest absolute Gasteiger partial charge is 0.398 e. The smallest absolute Gasteiger partial charge is 0.365 e. The average molecular weight is 394 g/mol. The molecule has 0 aliphatic heterocycles. The van der Waals surface area contributed by atoms with Crippen molar-refractivity contribution >= 4 is 23.2 Å². The van der Waals surface area contributed by atoms with Crippen molar-refractivity contribution < 1.29 is 14.6 Å². The average Bonchev–Trinajstić information content (AvgIpc) is 3.17. The van der Waals surface area contributed by atoms with Crippen LogP contribution < -0.4 is 11.5 Å². The third-order valence-electron chi connectivity index (χ3n) is 4.24. The standard InChI is InChI=1S/C19H18N6O4/c1-12-16(3-2-4-17(12)20)18(21)23-29-19(26)14-7-5-13(6-8-14)10-24-11-15(9-22-24)25(27)28/h2-9,11H,10,20H2,1H3,(H2,21,23). The van der Waals surface area contributed by atoms with Gasteiger partial charge in [0.25, 0.3) is 0 Å². The summed E-state index contributed by atoms with van der Waals surface area (Å²) >= 11 is 0. The van der Waals surface area contributed by atoms with Crippen LogP contribution >= 0.6 is 0 Å². The third-order valence-corrected chi connectivity index (χ3v) is 4.24. The Bertz CT molecular complexity index is 1090. The van der Waals surface area contributed by atoms with Gasteiger partial charge in [-0.1, -0.05) is 29.4 Å². The molecule has 0 spiro atoms. The summed E-state index contributed by atoms with van der Waals surface area (Å²) in [5.74, 6) is -0.629. The Morgan fingerprint density at radius 2 is 2.00 bits per heavy atom. The highest BCUT2D eigenvalue weighted by Crippen LogP contribution is 2.16. The van der Waals surface area contributed by atoms with E-state index in [1.165, 1.54) is 17.1 Å². The molecule has 0 fully saturated rings. The van der Waals surface area contributed by atoms with Crippen molar-refractivity contribution in [1.29, 1.82) is 0 Å². The van der Waals surface area contributed by atoms with Crippen LogP contribution in [0.3, 0.4) is 0 Å². The fraction of sp³-hybridized carbons (Fsp3) is 0.105. The van der Waals surface area contributed by atoms with E-state index in [1.54, 1.807) is 49.4 Å². The number of nitrogen functional groups attached to an aromatic ring is 1. The van der Waals surface area contributed by atoms with E-state index in [0.29, 0.717) is 17.8 Å². The van der Waals surface area contributed by atoms with Gasteiger partial charge in [0.15, 0.2) is 5.84 Å². The molecule has 0 radical (unpaired) electrons. The molecule has 0 saturated heterocycles. The first-order valence-corrected chi connectivity index (χ1v) is 8.51. The van der Waals surface area contributed by atoms with Crippen molar-refractivity contribution in [2.45, 2.75) is 13.5 Å². The van der Waals surface area contributed by atoms with E-state index in [2.05, 4.69) is 10.3 Å². The van der Waals surface area contributed by atoms with Gasteiger partial charge in [0.1, 0.15) is 12.4 Å². The third kappa shape index (κ3) is 4.56. The second-order valence-electron chi connectivity index (χ2n) is 6.23. The maximum atomic E-state index is 12.2. The molecule has 10 heteroatoms. The van der Waals surface area contributed by atoms with Crippen LogP contribution in [0.25, 0.3) is 0 Å². The molecule has 10 nitrogen and oxygen atoms in total. The highest BCUT2D eigenvalue weighted by atomic mass is 16.7. The second kappa shape index (κ2) is 8.21. The number of nitro groups is 1. The Balaban J connectivity index is 1.65. The topological polar surface area (TPSA) is 152 Å². The number of anilines is 1. The van der Waals surface area contributed by atoms with Crippen LogP contribution in [0.5, 0.6) is 0 Å². The van der Waals surface area contributed by atoms with Crippen LogP contribution in [-0.2, 0) is 11.4 Å². The molecule has 2 aromatic carbocycles. The van der Waals surface area contributed by atoms with Gasteiger partial charge in [-0.15, -0.1) is 0 Å². The summed E-state index contributed by atoms with van der Waals surface area (Å²) in [5, 5.41) is 18.3. The molecule has 1 aromatic heterocycles. The first kappa shape index (κ1) is 19.5. The molecule has 29 heavy (non-hydrogen) atoms. The zero-order chi connectivity index (χ0) is 21.0. The Kier molecular flexibility index (Phi) is 5.54. The number of hydrogen-bond donors (Lipinski definition) is 2. The normalized spacial score (nSPS) is 11.3. The lowest BCUT2D eigenvalue weighted by Crippen LogP contribution is -2.17. The lowest BCUT2D eigenvalue weighted by Gasteiger charge is -2.07. The fourth-order valence-electron chi connectivity index (χ4n) is 2.59. The van der Waals surface area contributed by atoms with E-state index in [9.17, 15) is 14.9 Å². The monoisotopic (exact) mass is 394 g/mol. The zero-order valence-electron chi connectivity index (χ0n) is 15.5. The summed E-state index contributed by atoms with van der Waals surface area (Å²) < 4.78 is 1.43. The lowest BCUT2D eigenvalue weighted by molar-refractivity contribution is -0.385. The zero-order valence-corrected chi connectivity index (χ0v) is 15.5. The Hall–Kier alpha value is -4.21. The lowest BCUT2D eigenvalue weighted by atomic mass is 10.1. The Morgan fingerprint density at radius 1 is 1.28 bits per heavy atom. The van der Waals surface area contributed by atoms with Crippen molar-refractivity contribution in [3.63, 3.8) is 0 Å². The number of hydrogen-bond acceptors (Lipinski definition) is 7. The number of nitrogens with two attached hydrogens (primary N) is 2. The van der Waals surface area contributed by atoms with Gasteiger partial charge in [0.05, 0.1) is 17.0 Å². The second-order valence-corrected chi connectivity index (χ2v) is 6.23. The molecule has 1 heterocycles. The highest BCUT2D eigenvalue weighted by molar-refractivity contribution is 6.00. The van der Waals surface area contributed by atoms with Crippen LogP contribution in [-0.4, -0.2) is 26.5 Å². The van der Waals surface area contributed by atoms with E-state index in [0.717, 1.165) is 11.1 Å². The number of amidine groups is 1. The number of nitrogens with zero attached hydrogens (tertiary/aromatic N) is 4. The molecule has 3 rings (SSSR count). The Labute approximate surface area is 165 Å². The van der Waals surface area contributed by atoms with E-state index in [-0.39, 0.29) is 17.1 Å². The number of oxime groups is 1. The van der Waals surface area contributed by atoms with Crippen molar-refractivity contribution in [2.24, 2.45) is 10.9 Å². The Morgan fingerprint density at radius 3 is 2.66 bits per heavy atom. The number of benzene rings is 2. The highest BCUT2D eigenvalue weighted by Gasteiger charge is 2.12. The van der Waals surface area contributed by atoms with E-state index in [1.807, 2.05) is 0 Å². The number of carbonyl (C=O) groups excluding carboxylic acids is 1. The number of carbonyl (C=O) groups is 1. The van der Waals surface area contributed by atoms with Crippen LogP contribution in [0.15, 0.2) is 60.0 Å². The van der Waals surface area contributed by atoms with Gasteiger partial charge >= 0.3 is 11.7 Å². The van der Waals surface area contributed by atoms with E-state index < -0.39 is 10.9 Å². The molecule has 0 atom stereocenters. The molecule has 4 N–H and O–H groups in total. The van der Waals surface area contributed by atoms with Gasteiger partial charge in [0, 0.05) is 11.3 Å². The van der Waals surface area contributed by atoms with Crippen molar-refractivity contribution in [2.75, 3.05) is 5.73 Å². The summed E-state index contributed by atoms with van der Waals surface area (Å²) in [6.45, 7) is 2.12. The van der Waals surface area contributed by atoms with Crippen molar-refractivity contribution in [1.82, 2.24) is 9.78 Å². The molecule has 0 saturated carbocycles. The quantitative estimate of drug-likeness (QED) is 0.162. The van der Waals surface area contributed by atoms with Crippen molar-refractivity contribution in [3.05, 3.63) is 87.2 Å². The molecule has 0 aliphatic rings. The van der Waals surface area contributed by atoms with Gasteiger partial charge in [-0.2, -0.15) is 5.10 Å². The summed E-state index contributed by atoms with van der Waals surface area (Å²) in [6, 6.07) is 11.7. The molecular weight excluding hydrogens is 376 g/mol. The minimum Gasteiger partial charge on any atom is -0.398 e. The van der Waals surface area contributed by atoms with Crippen LogP contribution in [0.2, 0.25) is 0 Å². The molecule has 0 unspecified atom stereocenters. The minimum absolute atomic E-state index is 0.0417. The van der Waals surface area contributed by atoms with E-state index in [4.69, 9.17) is 16.3 Å². The van der Waals surface area contributed by atoms with Gasteiger partial charge in [-0.05, 0) is 36.2 Å². The van der Waals surface area contributed by atoms with E-state index >= 15 is 0 Å². The minimum atomic E-state index is -0.671. The van der Waals surface area contributed by atoms with Gasteiger partial charge in [-0.3, -0.25) is 14.8 Å². The first-order chi connectivity index (χ1) is 13.8. The van der Waals surface area contributed by atoms with Gasteiger partial charge < -0.3 is 16.3 Å². The van der Waals surface area contributed by atoms with Gasteiger partial charge in [-0.25, -0.2) is 4.79 Å². The van der Waals surface area contributed by atoms with Crippen LogP contribution in [0.4, 0.5) is 11.4 Å². The molecule has 148 valence electrons. The molecule has 0 bridgehead atoms. The fourth-order valence-corrected chi connectivity index (χ4v) is 2.59. The summed E-state index contributed by atoms with van der Waals surface area (Å²) in [5.41, 5.74) is 14.6. The first-order valence-electron chi connectivity index (χ1n) is 8.51. The van der Waals surface area contributed by atoms with Crippen molar-refractivity contribution in [3.8, 4) is 0 Å². The van der Waals surface area contributed by atoms with Gasteiger partial charge in [0.2, 0.25) is 0 Å². The molecule has 0 amide bonds. The predicted molar refractivity (Wildman–Crippen MR) is 106 cm³/mol.